The Bertz CT molecular complexity index is 591. The summed E-state index contributed by atoms with van der Waals surface area (Å²) in [6, 6.07) is 4.22. The van der Waals surface area contributed by atoms with Gasteiger partial charge in [0.25, 0.3) is 5.91 Å². The molecular weight excluding hydrogens is 308 g/mol. The van der Waals surface area contributed by atoms with E-state index in [1.807, 2.05) is 0 Å². The topological polar surface area (TPSA) is 66.8 Å². The van der Waals surface area contributed by atoms with Crippen molar-refractivity contribution in [3.8, 4) is 5.75 Å². The van der Waals surface area contributed by atoms with Crippen molar-refractivity contribution in [2.24, 2.45) is 0 Å². The molecule has 2 rings (SSSR count). The fourth-order valence-corrected chi connectivity index (χ4v) is 2.73. The van der Waals surface area contributed by atoms with Gasteiger partial charge in [-0.05, 0) is 38.3 Å². The number of likely N-dealkylation sites (tertiary alicyclic amines) is 1. The van der Waals surface area contributed by atoms with Crippen molar-refractivity contribution in [3.05, 3.63) is 29.8 Å². The highest BCUT2D eigenvalue weighted by Gasteiger charge is 2.49. The zero-order chi connectivity index (χ0) is 17.0. The van der Waals surface area contributed by atoms with E-state index in [2.05, 4.69) is 0 Å². The Morgan fingerprint density at radius 1 is 1.35 bits per heavy atom. The predicted octanol–water partition coefficient (Wildman–Crippen LogP) is 2.64. The van der Waals surface area contributed by atoms with Gasteiger partial charge < -0.3 is 14.7 Å². The molecule has 0 spiro atoms. The molecule has 23 heavy (non-hydrogen) atoms. The first-order valence-electron chi connectivity index (χ1n) is 7.53. The lowest BCUT2D eigenvalue weighted by Gasteiger charge is -2.35. The molecule has 1 fully saturated rings. The molecule has 1 N–H and O–H groups in total. The van der Waals surface area contributed by atoms with Gasteiger partial charge in [-0.1, -0.05) is 12.1 Å². The molecule has 1 aromatic rings. The van der Waals surface area contributed by atoms with Crippen LogP contribution in [0.2, 0.25) is 0 Å². The van der Waals surface area contributed by atoms with Crippen LogP contribution in [0.15, 0.2) is 24.3 Å². The van der Waals surface area contributed by atoms with Gasteiger partial charge in [0.1, 0.15) is 11.8 Å². The summed E-state index contributed by atoms with van der Waals surface area (Å²) in [6.45, 7) is 1.85. The number of nitrogens with zero attached hydrogens (tertiary/aromatic N) is 1. The standard InChI is InChI=1S/C16H19F2NO4/c1-2-23-13-9-4-3-7-11(13)16(17,18)15(22)19-10-6-5-8-12(19)14(20)21/h3-4,7,9,12H,2,5-6,8,10H2,1H3,(H,20,21). The van der Waals surface area contributed by atoms with Gasteiger partial charge in [-0.25, -0.2) is 4.79 Å². The minimum Gasteiger partial charge on any atom is -0.493 e. The van der Waals surface area contributed by atoms with E-state index in [0.717, 1.165) is 11.0 Å². The van der Waals surface area contributed by atoms with Crippen LogP contribution in [0.1, 0.15) is 31.7 Å². The molecular formula is C16H19F2NO4. The lowest BCUT2D eigenvalue weighted by Crippen LogP contribution is -2.52. The normalized spacial score (nSPS) is 18.6. The minimum absolute atomic E-state index is 0.0161. The summed E-state index contributed by atoms with van der Waals surface area (Å²) in [6.07, 6.45) is 1.30. The van der Waals surface area contributed by atoms with Crippen LogP contribution in [-0.4, -0.2) is 41.1 Å². The molecule has 1 aliphatic heterocycles. The van der Waals surface area contributed by atoms with Gasteiger partial charge in [0, 0.05) is 6.54 Å². The second-order valence-electron chi connectivity index (χ2n) is 5.35. The van der Waals surface area contributed by atoms with Crippen LogP contribution in [0.25, 0.3) is 0 Å². The lowest BCUT2D eigenvalue weighted by molar-refractivity contribution is -0.169. The van der Waals surface area contributed by atoms with Crippen molar-refractivity contribution >= 4 is 11.9 Å². The average molecular weight is 327 g/mol. The van der Waals surface area contributed by atoms with E-state index in [0.29, 0.717) is 12.8 Å². The Labute approximate surface area is 132 Å². The summed E-state index contributed by atoms with van der Waals surface area (Å²) >= 11 is 0. The SMILES string of the molecule is CCOc1ccccc1C(F)(F)C(=O)N1CCCCC1C(=O)O. The quantitative estimate of drug-likeness (QED) is 0.903. The van der Waals surface area contributed by atoms with Gasteiger partial charge in [-0.3, -0.25) is 4.79 Å². The molecule has 1 atom stereocenters. The van der Waals surface area contributed by atoms with E-state index in [-0.39, 0.29) is 25.3 Å². The van der Waals surface area contributed by atoms with Crippen LogP contribution in [0.3, 0.4) is 0 Å². The smallest absolute Gasteiger partial charge is 0.353 e. The zero-order valence-corrected chi connectivity index (χ0v) is 12.8. The van der Waals surface area contributed by atoms with Crippen LogP contribution >= 0.6 is 0 Å². The number of ether oxygens (including phenoxy) is 1. The molecule has 0 bridgehead atoms. The van der Waals surface area contributed by atoms with Gasteiger partial charge in [-0.2, -0.15) is 8.78 Å². The molecule has 1 aromatic carbocycles. The molecule has 1 aliphatic rings. The molecule has 0 aromatic heterocycles. The maximum Gasteiger partial charge on any atom is 0.353 e. The van der Waals surface area contributed by atoms with Gasteiger partial charge in [0.2, 0.25) is 0 Å². The fourth-order valence-electron chi connectivity index (χ4n) is 2.73. The van der Waals surface area contributed by atoms with Crippen molar-refractivity contribution in [3.63, 3.8) is 0 Å². The first-order valence-corrected chi connectivity index (χ1v) is 7.53. The number of benzene rings is 1. The summed E-state index contributed by atoms with van der Waals surface area (Å²) in [4.78, 5) is 24.4. The third kappa shape index (κ3) is 3.43. The number of carboxylic acid groups (broad SMARTS) is 1. The summed E-state index contributed by atoms with van der Waals surface area (Å²) in [5, 5.41) is 9.17. The van der Waals surface area contributed by atoms with Crippen LogP contribution in [0.4, 0.5) is 8.78 Å². The Morgan fingerprint density at radius 3 is 2.70 bits per heavy atom. The monoisotopic (exact) mass is 327 g/mol. The zero-order valence-electron chi connectivity index (χ0n) is 12.8. The minimum atomic E-state index is -3.84. The maximum absolute atomic E-state index is 14.7. The average Bonchev–Trinajstić information content (AvgIpc) is 2.54. The van der Waals surface area contributed by atoms with E-state index in [9.17, 15) is 18.4 Å². The number of para-hydroxylation sites is 1. The van der Waals surface area contributed by atoms with Crippen molar-refractivity contribution in [2.75, 3.05) is 13.2 Å². The van der Waals surface area contributed by atoms with E-state index < -0.39 is 29.4 Å². The Balaban J connectivity index is 2.34. The molecule has 1 amide bonds. The Kier molecular flexibility index (Phi) is 5.18. The van der Waals surface area contributed by atoms with Gasteiger partial charge in [0.15, 0.2) is 0 Å². The number of alkyl halides is 2. The number of halogens is 2. The number of aliphatic carboxylic acids is 1. The number of carbonyl (C=O) groups excluding carboxylic acids is 1. The second-order valence-corrected chi connectivity index (χ2v) is 5.35. The number of hydrogen-bond acceptors (Lipinski definition) is 3. The Morgan fingerprint density at radius 2 is 2.04 bits per heavy atom. The first-order chi connectivity index (χ1) is 10.9. The number of piperidine rings is 1. The number of rotatable bonds is 5. The Hall–Kier alpha value is -2.18. The van der Waals surface area contributed by atoms with E-state index in [1.165, 1.54) is 18.2 Å². The molecule has 5 nitrogen and oxygen atoms in total. The summed E-state index contributed by atoms with van der Waals surface area (Å²) in [5.74, 6) is -6.66. The van der Waals surface area contributed by atoms with Crippen molar-refractivity contribution in [1.82, 2.24) is 4.90 Å². The molecule has 126 valence electrons. The van der Waals surface area contributed by atoms with Crippen molar-refractivity contribution in [1.29, 1.82) is 0 Å². The van der Waals surface area contributed by atoms with Gasteiger partial charge >= 0.3 is 11.9 Å². The van der Waals surface area contributed by atoms with Crippen LogP contribution in [0.5, 0.6) is 5.75 Å². The summed E-state index contributed by atoms with van der Waals surface area (Å²) in [5.41, 5.74) is -0.540. The highest BCUT2D eigenvalue weighted by atomic mass is 19.3. The van der Waals surface area contributed by atoms with Crippen LogP contribution < -0.4 is 4.74 Å². The lowest BCUT2D eigenvalue weighted by atomic mass is 9.99. The maximum atomic E-state index is 14.7. The third-order valence-corrected chi connectivity index (χ3v) is 3.84. The van der Waals surface area contributed by atoms with E-state index in [1.54, 1.807) is 6.92 Å². The number of carbonyl (C=O) groups is 2. The predicted molar refractivity (Wildman–Crippen MR) is 78.5 cm³/mol. The van der Waals surface area contributed by atoms with Crippen molar-refractivity contribution in [2.45, 2.75) is 38.2 Å². The van der Waals surface area contributed by atoms with Gasteiger partial charge in [-0.15, -0.1) is 0 Å². The molecule has 0 saturated carbocycles. The summed E-state index contributed by atoms with van der Waals surface area (Å²) in [7, 11) is 0. The van der Waals surface area contributed by atoms with Crippen LogP contribution in [0, 0.1) is 0 Å². The van der Waals surface area contributed by atoms with Gasteiger partial charge in [0.05, 0.1) is 12.2 Å². The number of carboxylic acids is 1. The molecule has 0 aliphatic carbocycles. The van der Waals surface area contributed by atoms with E-state index in [4.69, 9.17) is 9.84 Å². The molecule has 1 saturated heterocycles. The largest absolute Gasteiger partial charge is 0.493 e. The number of amides is 1. The fraction of sp³-hybridized carbons (Fsp3) is 0.500. The summed E-state index contributed by atoms with van der Waals surface area (Å²) < 4.78 is 34.5. The van der Waals surface area contributed by atoms with Crippen LogP contribution in [-0.2, 0) is 15.5 Å². The number of hydrogen-bond donors (Lipinski definition) is 1. The molecule has 1 heterocycles. The van der Waals surface area contributed by atoms with E-state index >= 15 is 0 Å². The third-order valence-electron chi connectivity index (χ3n) is 3.84. The highest BCUT2D eigenvalue weighted by Crippen LogP contribution is 2.38. The molecule has 1 unspecified atom stereocenters. The molecule has 0 radical (unpaired) electrons. The second kappa shape index (κ2) is 6.93. The van der Waals surface area contributed by atoms with Crippen molar-refractivity contribution < 1.29 is 28.2 Å². The highest BCUT2D eigenvalue weighted by molar-refractivity contribution is 5.89. The molecule has 7 heteroatoms. The first kappa shape index (κ1) is 17.2.